The summed E-state index contributed by atoms with van der Waals surface area (Å²) in [5.41, 5.74) is 0.0193. The molecule has 2 rings (SSSR count). The van der Waals surface area contributed by atoms with E-state index in [0.29, 0.717) is 16.9 Å². The number of carbonyl (C=O) groups is 1. The molecule has 1 aromatic carbocycles. The molecule has 0 atom stereocenters. The van der Waals surface area contributed by atoms with Gasteiger partial charge in [0.25, 0.3) is 0 Å². The summed E-state index contributed by atoms with van der Waals surface area (Å²) in [6.07, 6.45) is -3.90. The number of ketones is 1. The molecule has 0 amide bonds. The minimum atomic E-state index is -4.32. The highest BCUT2D eigenvalue weighted by molar-refractivity contribution is 7.17. The smallest absolute Gasteiger partial charge is 0.293 e. The third-order valence-electron chi connectivity index (χ3n) is 2.70. The number of hydrogen-bond acceptors (Lipinski definition) is 2. The third-order valence-corrected chi connectivity index (χ3v) is 3.87. The van der Waals surface area contributed by atoms with Gasteiger partial charge >= 0.3 is 6.18 Å². The minimum Gasteiger partial charge on any atom is -0.293 e. The molecule has 0 aliphatic heterocycles. The number of halogens is 3. The number of thiophene rings is 1. The van der Waals surface area contributed by atoms with Crippen molar-refractivity contribution in [2.75, 3.05) is 0 Å². The zero-order valence-corrected chi connectivity index (χ0v) is 10.9. The molecule has 2 aromatic rings. The van der Waals surface area contributed by atoms with Gasteiger partial charge < -0.3 is 0 Å². The first-order valence-corrected chi connectivity index (χ1v) is 6.54. The lowest BCUT2D eigenvalue weighted by Gasteiger charge is -2.06. The zero-order chi connectivity index (χ0) is 14.0. The van der Waals surface area contributed by atoms with Crippen molar-refractivity contribution < 1.29 is 18.0 Å². The van der Waals surface area contributed by atoms with E-state index in [9.17, 15) is 18.0 Å². The van der Waals surface area contributed by atoms with Gasteiger partial charge in [-0.1, -0.05) is 19.1 Å². The molecule has 0 bridgehead atoms. The molecule has 0 unspecified atom stereocenters. The van der Waals surface area contributed by atoms with Gasteiger partial charge in [-0.3, -0.25) is 4.79 Å². The average Bonchev–Trinajstić information content (AvgIpc) is 2.86. The van der Waals surface area contributed by atoms with E-state index in [2.05, 4.69) is 0 Å². The van der Waals surface area contributed by atoms with Crippen LogP contribution in [0, 0.1) is 0 Å². The van der Waals surface area contributed by atoms with E-state index in [1.54, 1.807) is 19.1 Å². The van der Waals surface area contributed by atoms with Crippen LogP contribution in [0.3, 0.4) is 0 Å². The van der Waals surface area contributed by atoms with Crippen LogP contribution in [0.1, 0.15) is 28.6 Å². The van der Waals surface area contributed by atoms with Crippen LogP contribution in [0.25, 0.3) is 10.4 Å². The lowest BCUT2D eigenvalue weighted by molar-refractivity contribution is -0.137. The standard InChI is InChI=1S/C14H11F3OS/c1-2-11(18)13-8-7-12(19-13)9-3-5-10(6-4-9)14(15,16)17/h3-8H,2H2,1H3. The number of carbonyl (C=O) groups excluding carboxylic acids is 1. The van der Waals surface area contributed by atoms with E-state index in [1.807, 2.05) is 0 Å². The average molecular weight is 284 g/mol. The Kier molecular flexibility index (Phi) is 3.75. The van der Waals surface area contributed by atoms with E-state index in [1.165, 1.54) is 23.5 Å². The van der Waals surface area contributed by atoms with Crippen LogP contribution in [0.15, 0.2) is 36.4 Å². The Balaban J connectivity index is 2.28. The highest BCUT2D eigenvalue weighted by Gasteiger charge is 2.30. The van der Waals surface area contributed by atoms with Crippen LogP contribution in [0.4, 0.5) is 13.2 Å². The van der Waals surface area contributed by atoms with Crippen LogP contribution < -0.4 is 0 Å². The molecule has 0 saturated carbocycles. The fourth-order valence-corrected chi connectivity index (χ4v) is 2.66. The molecule has 0 saturated heterocycles. The SMILES string of the molecule is CCC(=O)c1ccc(-c2ccc(C(F)(F)F)cc2)s1. The van der Waals surface area contributed by atoms with E-state index >= 15 is 0 Å². The second-order valence-electron chi connectivity index (χ2n) is 4.02. The van der Waals surface area contributed by atoms with Gasteiger partial charge in [-0.25, -0.2) is 0 Å². The highest BCUT2D eigenvalue weighted by Crippen LogP contribution is 2.33. The highest BCUT2D eigenvalue weighted by atomic mass is 32.1. The second-order valence-corrected chi connectivity index (χ2v) is 5.10. The van der Waals surface area contributed by atoms with Crippen molar-refractivity contribution in [3.05, 3.63) is 46.8 Å². The van der Waals surface area contributed by atoms with Gasteiger partial charge in [0.15, 0.2) is 5.78 Å². The predicted octanol–water partition coefficient (Wildman–Crippen LogP) is 5.03. The van der Waals surface area contributed by atoms with E-state index in [4.69, 9.17) is 0 Å². The first kappa shape index (κ1) is 13.8. The summed E-state index contributed by atoms with van der Waals surface area (Å²) >= 11 is 1.30. The van der Waals surface area contributed by atoms with Crippen molar-refractivity contribution in [3.63, 3.8) is 0 Å². The zero-order valence-electron chi connectivity index (χ0n) is 10.1. The Labute approximate surface area is 112 Å². The second kappa shape index (κ2) is 5.17. The Morgan fingerprint density at radius 1 is 1.11 bits per heavy atom. The van der Waals surface area contributed by atoms with Crippen LogP contribution >= 0.6 is 11.3 Å². The number of alkyl halides is 3. The summed E-state index contributed by atoms with van der Waals surface area (Å²) < 4.78 is 37.3. The summed E-state index contributed by atoms with van der Waals surface area (Å²) in [4.78, 5) is 12.9. The number of rotatable bonds is 3. The van der Waals surface area contributed by atoms with Crippen LogP contribution in [-0.4, -0.2) is 5.78 Å². The van der Waals surface area contributed by atoms with E-state index in [-0.39, 0.29) is 5.78 Å². The van der Waals surface area contributed by atoms with Gasteiger partial charge in [-0.05, 0) is 29.8 Å². The molecule has 0 aliphatic rings. The summed E-state index contributed by atoms with van der Waals surface area (Å²) in [6.45, 7) is 1.78. The maximum Gasteiger partial charge on any atom is 0.416 e. The Morgan fingerprint density at radius 3 is 2.26 bits per heavy atom. The molecular weight excluding hydrogens is 273 g/mol. The molecule has 19 heavy (non-hydrogen) atoms. The Morgan fingerprint density at radius 2 is 1.74 bits per heavy atom. The summed E-state index contributed by atoms with van der Waals surface area (Å²) in [5, 5.41) is 0. The molecule has 1 nitrogen and oxygen atoms in total. The summed E-state index contributed by atoms with van der Waals surface area (Å²) in [5.74, 6) is 0.0446. The van der Waals surface area contributed by atoms with Gasteiger partial charge in [0.05, 0.1) is 10.4 Å². The van der Waals surface area contributed by atoms with Gasteiger partial charge in [-0.2, -0.15) is 13.2 Å². The van der Waals surface area contributed by atoms with Crippen molar-refractivity contribution in [1.82, 2.24) is 0 Å². The van der Waals surface area contributed by atoms with Gasteiger partial charge in [0, 0.05) is 11.3 Å². The molecule has 0 radical (unpaired) electrons. The first-order chi connectivity index (χ1) is 8.91. The molecule has 0 spiro atoms. The monoisotopic (exact) mass is 284 g/mol. The third kappa shape index (κ3) is 3.04. The molecule has 0 fully saturated rings. The van der Waals surface area contributed by atoms with Crippen molar-refractivity contribution in [3.8, 4) is 10.4 Å². The number of Topliss-reactive ketones (excluding diaryl/α,β-unsaturated/α-hetero) is 1. The first-order valence-electron chi connectivity index (χ1n) is 5.72. The van der Waals surface area contributed by atoms with Crippen molar-refractivity contribution in [2.45, 2.75) is 19.5 Å². The summed E-state index contributed by atoms with van der Waals surface area (Å²) in [6, 6.07) is 8.43. The largest absolute Gasteiger partial charge is 0.416 e. The molecule has 100 valence electrons. The Bertz CT molecular complexity index is 581. The van der Waals surface area contributed by atoms with Crippen molar-refractivity contribution in [2.24, 2.45) is 0 Å². The van der Waals surface area contributed by atoms with Crippen LogP contribution in [-0.2, 0) is 6.18 Å². The molecule has 0 N–H and O–H groups in total. The van der Waals surface area contributed by atoms with Gasteiger partial charge in [-0.15, -0.1) is 11.3 Å². The molecular formula is C14H11F3OS. The van der Waals surface area contributed by atoms with Crippen molar-refractivity contribution >= 4 is 17.1 Å². The van der Waals surface area contributed by atoms with Crippen LogP contribution in [0.2, 0.25) is 0 Å². The lowest BCUT2D eigenvalue weighted by atomic mass is 10.1. The maximum atomic E-state index is 12.4. The topological polar surface area (TPSA) is 17.1 Å². The van der Waals surface area contributed by atoms with E-state index < -0.39 is 11.7 Å². The number of hydrogen-bond donors (Lipinski definition) is 0. The fraction of sp³-hybridized carbons (Fsp3) is 0.214. The molecule has 1 heterocycles. The fourth-order valence-electron chi connectivity index (χ4n) is 1.64. The maximum absolute atomic E-state index is 12.4. The lowest BCUT2D eigenvalue weighted by Crippen LogP contribution is -2.03. The number of benzene rings is 1. The van der Waals surface area contributed by atoms with Gasteiger partial charge in [0.2, 0.25) is 0 Å². The van der Waals surface area contributed by atoms with Gasteiger partial charge in [0.1, 0.15) is 0 Å². The molecule has 5 heteroatoms. The minimum absolute atomic E-state index is 0.0446. The molecule has 0 aliphatic carbocycles. The quantitative estimate of drug-likeness (QED) is 0.723. The summed E-state index contributed by atoms with van der Waals surface area (Å²) in [7, 11) is 0. The van der Waals surface area contributed by atoms with E-state index in [0.717, 1.165) is 17.0 Å². The normalized spacial score (nSPS) is 11.6. The Hall–Kier alpha value is -1.62. The molecule has 1 aromatic heterocycles. The van der Waals surface area contributed by atoms with Crippen LogP contribution in [0.5, 0.6) is 0 Å². The van der Waals surface area contributed by atoms with Crippen molar-refractivity contribution in [1.29, 1.82) is 0 Å². The predicted molar refractivity (Wildman–Crippen MR) is 69.4 cm³/mol.